The molecular formula is C7H6ISi. The van der Waals surface area contributed by atoms with Crippen LogP contribution in [-0.4, -0.2) is 10.2 Å². The molecule has 1 aromatic rings. The average Bonchev–Trinajstić information content (AvgIpc) is 1.80. The van der Waals surface area contributed by atoms with Gasteiger partial charge in [-0.25, -0.2) is 0 Å². The van der Waals surface area contributed by atoms with Crippen LogP contribution in [0.5, 0.6) is 0 Å². The van der Waals surface area contributed by atoms with Gasteiger partial charge in [0.15, 0.2) is 0 Å². The Bertz CT molecular complexity index is 220. The van der Waals surface area contributed by atoms with Gasteiger partial charge in [-0.3, -0.25) is 0 Å². The third kappa shape index (κ3) is 1.79. The van der Waals surface area contributed by atoms with Crippen LogP contribution in [0.1, 0.15) is 5.56 Å². The minimum atomic E-state index is 1.17. The number of benzene rings is 1. The summed E-state index contributed by atoms with van der Waals surface area (Å²) < 4.78 is 1.27. The van der Waals surface area contributed by atoms with Gasteiger partial charge in [-0.15, -0.1) is 0 Å². The number of hydrogen-bond acceptors (Lipinski definition) is 0. The quantitative estimate of drug-likeness (QED) is 0.478. The highest BCUT2D eigenvalue weighted by Gasteiger charge is 1.90. The summed E-state index contributed by atoms with van der Waals surface area (Å²) in [4.78, 5) is 0. The number of hydrogen-bond donors (Lipinski definition) is 0. The van der Waals surface area contributed by atoms with E-state index in [9.17, 15) is 0 Å². The molecule has 0 nitrogen and oxygen atoms in total. The fraction of sp³-hybridized carbons (Fsp3) is 0.143. The maximum atomic E-state index is 3.47. The normalized spacial score (nSPS) is 9.67. The Balaban J connectivity index is 3.17. The molecular weight excluding hydrogens is 239 g/mol. The second kappa shape index (κ2) is 2.83. The van der Waals surface area contributed by atoms with Gasteiger partial charge < -0.3 is 0 Å². The van der Waals surface area contributed by atoms with Crippen LogP contribution in [0, 0.1) is 10.5 Å². The highest BCUT2D eigenvalue weighted by molar-refractivity contribution is 14.1. The Labute approximate surface area is 72.2 Å². The predicted octanol–water partition coefficient (Wildman–Crippen LogP) is 1.39. The van der Waals surface area contributed by atoms with Crippen molar-refractivity contribution in [2.75, 3.05) is 0 Å². The fourth-order valence-corrected chi connectivity index (χ4v) is 1.45. The molecule has 2 heteroatoms. The molecule has 0 spiro atoms. The molecule has 0 aromatic heterocycles. The minimum absolute atomic E-state index is 1.17. The van der Waals surface area contributed by atoms with E-state index in [0.717, 1.165) is 0 Å². The van der Waals surface area contributed by atoms with Crippen molar-refractivity contribution in [1.29, 1.82) is 0 Å². The lowest BCUT2D eigenvalue weighted by atomic mass is 10.2. The van der Waals surface area contributed by atoms with E-state index in [-0.39, 0.29) is 0 Å². The summed E-state index contributed by atoms with van der Waals surface area (Å²) in [5.41, 5.74) is 1.31. The molecule has 3 radical (unpaired) electrons. The molecule has 0 unspecified atom stereocenters. The van der Waals surface area contributed by atoms with Crippen molar-refractivity contribution in [3.8, 4) is 0 Å². The van der Waals surface area contributed by atoms with E-state index in [1.807, 2.05) is 0 Å². The van der Waals surface area contributed by atoms with Gasteiger partial charge in [0.1, 0.15) is 0 Å². The number of halogens is 1. The first-order valence-electron chi connectivity index (χ1n) is 2.68. The average molecular weight is 245 g/mol. The predicted molar refractivity (Wildman–Crippen MR) is 49.3 cm³/mol. The summed E-state index contributed by atoms with van der Waals surface area (Å²) in [6.07, 6.45) is 0. The second-order valence-electron chi connectivity index (χ2n) is 1.98. The van der Waals surface area contributed by atoms with Gasteiger partial charge in [0.05, 0.1) is 10.2 Å². The molecule has 0 saturated heterocycles. The summed E-state index contributed by atoms with van der Waals surface area (Å²) in [5, 5.41) is 1.17. The standard InChI is InChI=1S/C7H6ISi/c1-5-2-3-7(9)6(8)4-5/h2-4H,1H3. The van der Waals surface area contributed by atoms with Gasteiger partial charge in [-0.2, -0.15) is 0 Å². The van der Waals surface area contributed by atoms with Gasteiger partial charge in [0, 0.05) is 3.57 Å². The number of aryl methyl sites for hydroxylation is 1. The van der Waals surface area contributed by atoms with Crippen LogP contribution in [0.15, 0.2) is 18.2 Å². The van der Waals surface area contributed by atoms with Crippen molar-refractivity contribution in [2.45, 2.75) is 6.92 Å². The fourth-order valence-electron chi connectivity index (χ4n) is 0.620. The van der Waals surface area contributed by atoms with Crippen molar-refractivity contribution in [2.24, 2.45) is 0 Å². The molecule has 0 aliphatic heterocycles. The van der Waals surface area contributed by atoms with Crippen molar-refractivity contribution in [3.05, 3.63) is 27.3 Å². The maximum absolute atomic E-state index is 3.47. The summed E-state index contributed by atoms with van der Waals surface area (Å²) in [7, 11) is 3.47. The first kappa shape index (κ1) is 7.28. The molecule has 0 saturated carbocycles. The van der Waals surface area contributed by atoms with Crippen LogP contribution in [0.2, 0.25) is 0 Å². The Morgan fingerprint density at radius 3 is 2.56 bits per heavy atom. The van der Waals surface area contributed by atoms with Crippen LogP contribution < -0.4 is 5.19 Å². The molecule has 0 heterocycles. The molecule has 0 N–H and O–H groups in total. The van der Waals surface area contributed by atoms with Crippen LogP contribution in [0.4, 0.5) is 0 Å². The zero-order chi connectivity index (χ0) is 6.85. The SMILES string of the molecule is Cc1ccc([Si])c(I)c1. The third-order valence-electron chi connectivity index (χ3n) is 1.12. The van der Waals surface area contributed by atoms with Gasteiger partial charge in [-0.1, -0.05) is 22.9 Å². The summed E-state index contributed by atoms with van der Waals surface area (Å²) >= 11 is 2.30. The van der Waals surface area contributed by atoms with Gasteiger partial charge in [-0.05, 0) is 35.6 Å². The molecule has 1 aromatic carbocycles. The van der Waals surface area contributed by atoms with E-state index in [1.54, 1.807) is 0 Å². The second-order valence-corrected chi connectivity index (χ2v) is 3.68. The summed E-state index contributed by atoms with van der Waals surface area (Å²) in [5.74, 6) is 0. The van der Waals surface area contributed by atoms with Crippen molar-refractivity contribution in [3.63, 3.8) is 0 Å². The van der Waals surface area contributed by atoms with E-state index in [0.29, 0.717) is 0 Å². The topological polar surface area (TPSA) is 0 Å². The van der Waals surface area contributed by atoms with Gasteiger partial charge >= 0.3 is 0 Å². The Morgan fingerprint density at radius 2 is 2.11 bits per heavy atom. The van der Waals surface area contributed by atoms with E-state index in [4.69, 9.17) is 0 Å². The van der Waals surface area contributed by atoms with E-state index < -0.39 is 0 Å². The summed E-state index contributed by atoms with van der Waals surface area (Å²) in [6, 6.07) is 6.29. The number of rotatable bonds is 0. The van der Waals surface area contributed by atoms with Crippen molar-refractivity contribution in [1.82, 2.24) is 0 Å². The highest BCUT2D eigenvalue weighted by atomic mass is 127. The largest absolute Gasteiger partial charge is 0.0726 e. The molecule has 0 atom stereocenters. The molecule has 45 valence electrons. The van der Waals surface area contributed by atoms with E-state index >= 15 is 0 Å². The van der Waals surface area contributed by atoms with Crippen LogP contribution in [0.3, 0.4) is 0 Å². The molecule has 9 heavy (non-hydrogen) atoms. The zero-order valence-corrected chi connectivity index (χ0v) is 8.27. The molecule has 0 aliphatic rings. The molecule has 0 bridgehead atoms. The lowest BCUT2D eigenvalue weighted by Crippen LogP contribution is -2.05. The van der Waals surface area contributed by atoms with E-state index in [1.165, 1.54) is 14.3 Å². The van der Waals surface area contributed by atoms with Gasteiger partial charge in [0.25, 0.3) is 0 Å². The smallest absolute Gasteiger partial charge is 0.0625 e. The maximum Gasteiger partial charge on any atom is 0.0726 e. The molecule has 0 aliphatic carbocycles. The van der Waals surface area contributed by atoms with Crippen LogP contribution in [-0.2, 0) is 0 Å². The Kier molecular flexibility index (Phi) is 2.29. The lowest BCUT2D eigenvalue weighted by Gasteiger charge is -1.96. The molecule has 0 fully saturated rings. The van der Waals surface area contributed by atoms with Crippen molar-refractivity contribution < 1.29 is 0 Å². The first-order valence-corrected chi connectivity index (χ1v) is 4.26. The third-order valence-corrected chi connectivity index (χ3v) is 2.96. The lowest BCUT2D eigenvalue weighted by molar-refractivity contribution is 1.47. The highest BCUT2D eigenvalue weighted by Crippen LogP contribution is 2.02. The zero-order valence-electron chi connectivity index (χ0n) is 5.11. The Hall–Kier alpha value is 0.167. The minimum Gasteiger partial charge on any atom is -0.0625 e. The molecule has 0 amide bonds. The van der Waals surface area contributed by atoms with Crippen LogP contribution in [0.25, 0.3) is 0 Å². The Morgan fingerprint density at radius 1 is 1.44 bits per heavy atom. The van der Waals surface area contributed by atoms with Crippen molar-refractivity contribution >= 4 is 38.0 Å². The molecule has 1 rings (SSSR count). The monoisotopic (exact) mass is 245 g/mol. The van der Waals surface area contributed by atoms with E-state index in [2.05, 4.69) is 58.0 Å². The van der Waals surface area contributed by atoms with Crippen LogP contribution >= 0.6 is 22.6 Å². The van der Waals surface area contributed by atoms with Gasteiger partial charge in [0.2, 0.25) is 0 Å². The first-order chi connectivity index (χ1) is 4.20. The summed E-state index contributed by atoms with van der Waals surface area (Å²) in [6.45, 7) is 2.09.